The first-order valence-corrected chi connectivity index (χ1v) is 4.07. The van der Waals surface area contributed by atoms with E-state index in [1.807, 2.05) is 7.85 Å². The molecule has 0 aromatic rings. The quantitative estimate of drug-likeness (QED) is 0.407. The average Bonchev–Trinajstić information content (AvgIpc) is 1.65. The van der Waals surface area contributed by atoms with E-state index >= 15 is 0 Å². The third kappa shape index (κ3) is 2.04. The summed E-state index contributed by atoms with van der Waals surface area (Å²) in [6.45, 7) is 0. The Kier molecular flexibility index (Phi) is 2.88. The minimum absolute atomic E-state index is 1.87. The van der Waals surface area contributed by atoms with Gasteiger partial charge in [-0.05, 0) is 0 Å². The zero-order chi connectivity index (χ0) is 4.99. The Hall–Kier alpha value is -0.220. The van der Waals surface area contributed by atoms with Gasteiger partial charge in [-0.3, -0.25) is 0 Å². The molecule has 0 heterocycles. The maximum absolute atomic E-state index is 11.5. The van der Waals surface area contributed by atoms with Crippen molar-refractivity contribution in [1.29, 1.82) is 0 Å². The number of hydrogen-bond donors (Lipinski definition) is 0. The van der Waals surface area contributed by atoms with Gasteiger partial charge in [0, 0.05) is 0 Å². The number of rotatable bonds is 0. The standard InChI is InChI=1S/C4H2FI/c1-3-6(5)4-2/h1-2H. The van der Waals surface area contributed by atoms with Crippen LogP contribution in [0.15, 0.2) is 0 Å². The first kappa shape index (κ1) is 5.78. The molecule has 0 radical (unpaired) electrons. The van der Waals surface area contributed by atoms with Crippen molar-refractivity contribution in [3.63, 3.8) is 0 Å². The summed E-state index contributed by atoms with van der Waals surface area (Å²) in [7, 11) is 0. The van der Waals surface area contributed by atoms with Crippen LogP contribution in [0.25, 0.3) is 0 Å². The van der Waals surface area contributed by atoms with E-state index in [1.165, 1.54) is 0 Å². The summed E-state index contributed by atoms with van der Waals surface area (Å²) in [5.41, 5.74) is 0. The van der Waals surface area contributed by atoms with Crippen molar-refractivity contribution >= 4 is 20.4 Å². The maximum atomic E-state index is 11.5. The fourth-order valence-corrected chi connectivity index (χ4v) is 0.211. The molecular weight excluding hydrogens is 194 g/mol. The van der Waals surface area contributed by atoms with Gasteiger partial charge in [0.2, 0.25) is 0 Å². The van der Waals surface area contributed by atoms with Gasteiger partial charge in [0.15, 0.2) is 0 Å². The van der Waals surface area contributed by atoms with Crippen molar-refractivity contribution in [2.45, 2.75) is 0 Å². The Labute approximate surface area is 44.3 Å². The minimum atomic E-state index is -2.75. The summed E-state index contributed by atoms with van der Waals surface area (Å²) < 4.78 is 15.3. The van der Waals surface area contributed by atoms with Crippen LogP contribution in [-0.4, -0.2) is 0 Å². The van der Waals surface area contributed by atoms with Crippen molar-refractivity contribution in [2.75, 3.05) is 0 Å². The van der Waals surface area contributed by atoms with Crippen LogP contribution in [0.3, 0.4) is 0 Å². The molecule has 6 heavy (non-hydrogen) atoms. The van der Waals surface area contributed by atoms with Crippen LogP contribution < -0.4 is 0 Å². The molecule has 0 aromatic heterocycles. The first-order valence-electron chi connectivity index (χ1n) is 1.10. The summed E-state index contributed by atoms with van der Waals surface area (Å²) in [6, 6.07) is 0. The van der Waals surface area contributed by atoms with Gasteiger partial charge in [0.05, 0.1) is 0 Å². The summed E-state index contributed by atoms with van der Waals surface area (Å²) in [4.78, 5) is 0. The molecule has 0 bridgehead atoms. The van der Waals surface area contributed by atoms with E-state index in [-0.39, 0.29) is 0 Å². The van der Waals surface area contributed by atoms with Gasteiger partial charge in [0.1, 0.15) is 0 Å². The molecule has 0 spiro atoms. The second-order valence-corrected chi connectivity index (χ2v) is 3.06. The molecule has 0 N–H and O–H groups in total. The van der Waals surface area contributed by atoms with Gasteiger partial charge in [-0.15, -0.1) is 0 Å². The molecule has 2 heteroatoms. The molecule has 0 nitrogen and oxygen atoms in total. The van der Waals surface area contributed by atoms with E-state index in [2.05, 4.69) is 12.8 Å². The van der Waals surface area contributed by atoms with E-state index in [1.54, 1.807) is 0 Å². The van der Waals surface area contributed by atoms with Crippen LogP contribution >= 0.6 is 20.4 Å². The van der Waals surface area contributed by atoms with Crippen LogP contribution in [0, 0.1) is 20.7 Å². The fourth-order valence-electron chi connectivity index (χ4n) is 0.0315. The second kappa shape index (κ2) is 2.99. The molecule has 0 saturated carbocycles. The molecule has 0 atom stereocenters. The van der Waals surface area contributed by atoms with Gasteiger partial charge >= 0.3 is 44.0 Å². The fraction of sp³-hybridized carbons (Fsp3) is 0. The molecule has 0 fully saturated rings. The topological polar surface area (TPSA) is 0 Å². The Morgan fingerprint density at radius 2 is 1.67 bits per heavy atom. The van der Waals surface area contributed by atoms with E-state index in [4.69, 9.17) is 0 Å². The summed E-state index contributed by atoms with van der Waals surface area (Å²) in [6.07, 6.45) is 9.17. The summed E-state index contributed by atoms with van der Waals surface area (Å²) >= 11 is -2.75. The molecule has 0 rings (SSSR count). The summed E-state index contributed by atoms with van der Waals surface area (Å²) in [5, 5.41) is 0. The van der Waals surface area contributed by atoms with Crippen LogP contribution in [-0.2, 0) is 0 Å². The monoisotopic (exact) mass is 196 g/mol. The molecule has 0 unspecified atom stereocenters. The van der Waals surface area contributed by atoms with E-state index < -0.39 is 20.4 Å². The van der Waals surface area contributed by atoms with Crippen LogP contribution in [0.1, 0.15) is 0 Å². The van der Waals surface area contributed by atoms with Gasteiger partial charge in [-0.1, -0.05) is 0 Å². The Morgan fingerprint density at radius 3 is 1.67 bits per heavy atom. The predicted molar refractivity (Wildman–Crippen MR) is 32.8 cm³/mol. The van der Waals surface area contributed by atoms with E-state index in [9.17, 15) is 2.86 Å². The molecule has 0 aliphatic rings. The van der Waals surface area contributed by atoms with Gasteiger partial charge in [0.25, 0.3) is 0 Å². The zero-order valence-electron chi connectivity index (χ0n) is 2.91. The molecule has 0 saturated heterocycles. The molecular formula is C4H2FI. The molecule has 0 amide bonds. The Bertz CT molecular complexity index is 91.7. The van der Waals surface area contributed by atoms with Crippen molar-refractivity contribution in [1.82, 2.24) is 0 Å². The molecule has 0 aliphatic carbocycles. The Morgan fingerprint density at radius 1 is 1.33 bits per heavy atom. The number of hydrogen-bond acceptors (Lipinski definition) is 0. The van der Waals surface area contributed by atoms with Crippen LogP contribution in [0.4, 0.5) is 2.86 Å². The first-order chi connectivity index (χ1) is 2.81. The molecule has 0 aromatic carbocycles. The average molecular weight is 196 g/mol. The summed E-state index contributed by atoms with van der Waals surface area (Å²) in [5.74, 6) is 0. The van der Waals surface area contributed by atoms with Gasteiger partial charge in [-0.25, -0.2) is 0 Å². The van der Waals surface area contributed by atoms with Crippen LogP contribution in [0.5, 0.6) is 0 Å². The molecule has 0 aliphatic heterocycles. The van der Waals surface area contributed by atoms with Crippen molar-refractivity contribution in [3.8, 4) is 20.7 Å². The van der Waals surface area contributed by atoms with Crippen molar-refractivity contribution < 1.29 is 2.86 Å². The predicted octanol–water partition coefficient (Wildman–Crippen LogP) is 1.56. The number of terminal acetylenes is 2. The van der Waals surface area contributed by atoms with E-state index in [0.717, 1.165) is 0 Å². The SMILES string of the molecule is C#CI(F)C#C. The van der Waals surface area contributed by atoms with Gasteiger partial charge < -0.3 is 0 Å². The van der Waals surface area contributed by atoms with Crippen LogP contribution in [0.2, 0.25) is 0 Å². The second-order valence-electron chi connectivity index (χ2n) is 0.456. The van der Waals surface area contributed by atoms with E-state index in [0.29, 0.717) is 0 Å². The van der Waals surface area contributed by atoms with Crippen molar-refractivity contribution in [3.05, 3.63) is 0 Å². The molecule has 32 valence electrons. The van der Waals surface area contributed by atoms with Gasteiger partial charge in [-0.2, -0.15) is 0 Å². The number of halogens is 2. The third-order valence-corrected chi connectivity index (χ3v) is 1.29. The zero-order valence-corrected chi connectivity index (χ0v) is 5.07. The third-order valence-electron chi connectivity index (χ3n) is 0.192. The normalized spacial score (nSPS) is 8.17. The Balaban J connectivity index is 3.40. The van der Waals surface area contributed by atoms with Crippen molar-refractivity contribution in [2.24, 2.45) is 0 Å².